The van der Waals surface area contributed by atoms with Crippen molar-refractivity contribution in [3.63, 3.8) is 0 Å². The third-order valence-corrected chi connectivity index (χ3v) is 6.67. The van der Waals surface area contributed by atoms with Crippen molar-refractivity contribution in [1.29, 1.82) is 0 Å². The smallest absolute Gasteiger partial charge is 0.417 e. The molecule has 0 unspecified atom stereocenters. The second kappa shape index (κ2) is 9.71. The average molecular weight is 500 g/mol. The van der Waals surface area contributed by atoms with Crippen molar-refractivity contribution in [2.75, 3.05) is 12.4 Å². The van der Waals surface area contributed by atoms with Crippen molar-refractivity contribution in [2.45, 2.75) is 63.7 Å². The fourth-order valence-electron chi connectivity index (χ4n) is 4.39. The number of carbonyl (C=O) groups is 1. The van der Waals surface area contributed by atoms with Gasteiger partial charge in [-0.2, -0.15) is 13.2 Å². The number of carbonyl (C=O) groups excluding carboxylic acids is 1. The maximum absolute atomic E-state index is 14.2. The average Bonchev–Trinajstić information content (AvgIpc) is 3.07. The molecule has 2 aromatic rings. The Morgan fingerprint density at radius 2 is 1.94 bits per heavy atom. The van der Waals surface area contributed by atoms with Crippen molar-refractivity contribution in [3.8, 4) is 5.75 Å². The SMILES string of the molecule is COc1c([C@H]2[C@H](C(=O)Nc3ccnc([C@@H](O)[C@@H](C)O)c3)O[C@@](C)(C(F)(F)F)[C@H]2C)ccc(F)c1C. The van der Waals surface area contributed by atoms with Gasteiger partial charge in [0.25, 0.3) is 5.91 Å². The maximum Gasteiger partial charge on any atom is 0.417 e. The lowest BCUT2D eigenvalue weighted by Gasteiger charge is -2.32. The third kappa shape index (κ3) is 4.85. The highest BCUT2D eigenvalue weighted by Gasteiger charge is 2.65. The standard InChI is InChI=1S/C24H28F4N2O5/c1-11-16(25)7-6-15(20(11)34-5)18-12(2)23(4,24(26,27)28)35-21(18)22(33)30-14-8-9-29-17(10-14)19(32)13(3)31/h6-10,12-13,18-19,21,31-32H,1-5H3,(H,29,30,33)/t12-,13+,18-,19-,21+,23+/m0/s1. The van der Waals surface area contributed by atoms with Crippen LogP contribution in [0.5, 0.6) is 5.75 Å². The predicted octanol–water partition coefficient (Wildman–Crippen LogP) is 4.03. The Balaban J connectivity index is 2.04. The summed E-state index contributed by atoms with van der Waals surface area (Å²) in [7, 11) is 1.27. The van der Waals surface area contributed by atoms with E-state index in [2.05, 4.69) is 10.3 Å². The van der Waals surface area contributed by atoms with Crippen molar-refractivity contribution in [2.24, 2.45) is 5.92 Å². The molecule has 3 N–H and O–H groups in total. The highest BCUT2D eigenvalue weighted by atomic mass is 19.4. The summed E-state index contributed by atoms with van der Waals surface area (Å²) in [5.74, 6) is -3.79. The minimum atomic E-state index is -4.80. The molecule has 7 nitrogen and oxygen atoms in total. The summed E-state index contributed by atoms with van der Waals surface area (Å²) >= 11 is 0. The van der Waals surface area contributed by atoms with Gasteiger partial charge >= 0.3 is 6.18 Å². The molecular weight excluding hydrogens is 472 g/mol. The number of hydrogen-bond donors (Lipinski definition) is 3. The summed E-state index contributed by atoms with van der Waals surface area (Å²) in [4.78, 5) is 17.2. The van der Waals surface area contributed by atoms with Gasteiger partial charge in [0, 0.05) is 34.8 Å². The lowest BCUT2D eigenvalue weighted by molar-refractivity contribution is -0.272. The van der Waals surface area contributed by atoms with Crippen LogP contribution < -0.4 is 10.1 Å². The molecule has 35 heavy (non-hydrogen) atoms. The number of alkyl halides is 3. The fraction of sp³-hybridized carbons (Fsp3) is 0.500. The number of halogens is 4. The zero-order chi connectivity index (χ0) is 26.3. The van der Waals surface area contributed by atoms with Gasteiger partial charge in [-0.05, 0) is 39.0 Å². The molecule has 1 fully saturated rings. The van der Waals surface area contributed by atoms with Crippen LogP contribution in [-0.4, -0.2) is 52.2 Å². The first-order valence-electron chi connectivity index (χ1n) is 10.9. The van der Waals surface area contributed by atoms with Gasteiger partial charge in [0.05, 0.1) is 18.9 Å². The maximum atomic E-state index is 14.2. The van der Waals surface area contributed by atoms with Crippen LogP contribution in [0.1, 0.15) is 49.6 Å². The largest absolute Gasteiger partial charge is 0.496 e. The Morgan fingerprint density at radius 3 is 2.51 bits per heavy atom. The van der Waals surface area contributed by atoms with Gasteiger partial charge in [0.1, 0.15) is 23.8 Å². The van der Waals surface area contributed by atoms with Gasteiger partial charge in [0.2, 0.25) is 0 Å². The second-order valence-electron chi connectivity index (χ2n) is 8.90. The topological polar surface area (TPSA) is 101 Å². The van der Waals surface area contributed by atoms with E-state index in [4.69, 9.17) is 9.47 Å². The first-order valence-corrected chi connectivity index (χ1v) is 10.9. The summed E-state index contributed by atoms with van der Waals surface area (Å²) in [6.07, 6.45) is -7.60. The zero-order valence-electron chi connectivity index (χ0n) is 19.9. The molecule has 3 rings (SSSR count). The number of aliphatic hydroxyl groups is 2. The number of benzene rings is 1. The number of hydrogen-bond acceptors (Lipinski definition) is 6. The molecule has 1 aliphatic heterocycles. The van der Waals surface area contributed by atoms with Crippen LogP contribution in [0.15, 0.2) is 30.5 Å². The lowest BCUT2D eigenvalue weighted by atomic mass is 9.76. The molecular formula is C24H28F4N2O5. The van der Waals surface area contributed by atoms with Crippen LogP contribution in [0.25, 0.3) is 0 Å². The van der Waals surface area contributed by atoms with Crippen LogP contribution in [0.3, 0.4) is 0 Å². The van der Waals surface area contributed by atoms with Gasteiger partial charge < -0.3 is 25.0 Å². The quantitative estimate of drug-likeness (QED) is 0.518. The van der Waals surface area contributed by atoms with Crippen molar-refractivity contribution < 1.29 is 42.0 Å². The van der Waals surface area contributed by atoms with E-state index in [1.165, 1.54) is 52.3 Å². The Bertz CT molecular complexity index is 1090. The molecule has 11 heteroatoms. The summed E-state index contributed by atoms with van der Waals surface area (Å²) in [6.45, 7) is 4.99. The minimum absolute atomic E-state index is 0.0425. The first kappa shape index (κ1) is 26.8. The number of nitrogens with zero attached hydrogens (tertiary/aromatic N) is 1. The molecule has 6 atom stereocenters. The summed E-state index contributed by atoms with van der Waals surface area (Å²) in [5.41, 5.74) is -2.16. The van der Waals surface area contributed by atoms with Crippen molar-refractivity contribution in [1.82, 2.24) is 4.98 Å². The highest BCUT2D eigenvalue weighted by molar-refractivity contribution is 5.95. The number of pyridine rings is 1. The molecule has 1 aromatic heterocycles. The number of nitrogens with one attached hydrogen (secondary N) is 1. The highest BCUT2D eigenvalue weighted by Crippen LogP contribution is 2.55. The Kier molecular flexibility index (Phi) is 7.45. The summed E-state index contributed by atoms with van der Waals surface area (Å²) < 4.78 is 67.1. The van der Waals surface area contributed by atoms with E-state index >= 15 is 0 Å². The minimum Gasteiger partial charge on any atom is -0.496 e. The van der Waals surface area contributed by atoms with Crippen LogP contribution in [0.2, 0.25) is 0 Å². The van der Waals surface area contributed by atoms with E-state index in [0.29, 0.717) is 0 Å². The number of rotatable bonds is 6. The molecule has 1 amide bonds. The van der Waals surface area contributed by atoms with Gasteiger partial charge in [-0.3, -0.25) is 9.78 Å². The number of aliphatic hydroxyl groups excluding tert-OH is 2. The van der Waals surface area contributed by atoms with Gasteiger partial charge in [-0.25, -0.2) is 4.39 Å². The van der Waals surface area contributed by atoms with Crippen molar-refractivity contribution >= 4 is 11.6 Å². The van der Waals surface area contributed by atoms with Gasteiger partial charge in [-0.15, -0.1) is 0 Å². The van der Waals surface area contributed by atoms with E-state index < -0.39 is 53.6 Å². The zero-order valence-corrected chi connectivity index (χ0v) is 19.9. The fourth-order valence-corrected chi connectivity index (χ4v) is 4.39. The van der Waals surface area contributed by atoms with E-state index in [0.717, 1.165) is 13.0 Å². The van der Waals surface area contributed by atoms with Gasteiger partial charge in [0.15, 0.2) is 5.60 Å². The number of methoxy groups -OCH3 is 1. The number of amides is 1. The van der Waals surface area contributed by atoms with E-state index in [9.17, 15) is 32.6 Å². The van der Waals surface area contributed by atoms with E-state index in [-0.39, 0.29) is 28.3 Å². The number of ether oxygens (including phenoxy) is 2. The van der Waals surface area contributed by atoms with Crippen LogP contribution in [-0.2, 0) is 9.53 Å². The molecule has 1 saturated heterocycles. The van der Waals surface area contributed by atoms with Crippen LogP contribution in [0.4, 0.5) is 23.2 Å². The van der Waals surface area contributed by atoms with E-state index in [1.807, 2.05) is 0 Å². The Morgan fingerprint density at radius 1 is 1.29 bits per heavy atom. The van der Waals surface area contributed by atoms with Gasteiger partial charge in [-0.1, -0.05) is 13.0 Å². The molecule has 192 valence electrons. The second-order valence-corrected chi connectivity index (χ2v) is 8.90. The number of aromatic nitrogens is 1. The molecule has 1 aliphatic rings. The Labute approximate surface area is 200 Å². The first-order chi connectivity index (χ1) is 16.2. The summed E-state index contributed by atoms with van der Waals surface area (Å²) in [5, 5.41) is 22.1. The van der Waals surface area contributed by atoms with E-state index in [1.54, 1.807) is 0 Å². The predicted molar refractivity (Wildman–Crippen MR) is 118 cm³/mol. The third-order valence-electron chi connectivity index (χ3n) is 6.67. The van der Waals surface area contributed by atoms with Crippen LogP contribution >= 0.6 is 0 Å². The molecule has 1 aromatic carbocycles. The summed E-state index contributed by atoms with van der Waals surface area (Å²) in [6, 6.07) is 5.10. The van der Waals surface area contributed by atoms with Crippen LogP contribution in [0, 0.1) is 18.7 Å². The number of anilines is 1. The molecule has 0 aliphatic carbocycles. The monoisotopic (exact) mass is 500 g/mol. The molecule has 0 bridgehead atoms. The Hall–Kier alpha value is -2.76. The van der Waals surface area contributed by atoms with Crippen molar-refractivity contribution in [3.05, 3.63) is 53.1 Å². The molecule has 0 radical (unpaired) electrons. The molecule has 0 saturated carbocycles. The molecule has 2 heterocycles. The lowest BCUT2D eigenvalue weighted by Crippen LogP contribution is -2.47. The normalized spacial score (nSPS) is 26.3. The molecule has 0 spiro atoms.